The van der Waals surface area contributed by atoms with Crippen molar-refractivity contribution in [3.05, 3.63) is 50.2 Å². The van der Waals surface area contributed by atoms with Crippen LogP contribution in [0.15, 0.2) is 38.6 Å². The van der Waals surface area contributed by atoms with E-state index in [0.717, 1.165) is 20.7 Å². The molecule has 0 amide bonds. The Morgan fingerprint density at radius 3 is 2.96 bits per heavy atom. The van der Waals surface area contributed by atoms with Crippen molar-refractivity contribution in [1.29, 1.82) is 0 Å². The fourth-order valence-corrected chi connectivity index (χ4v) is 4.80. The van der Waals surface area contributed by atoms with Gasteiger partial charge in [0.05, 0.1) is 21.8 Å². The highest BCUT2D eigenvalue weighted by atomic mass is 35.5. The SMILES string of the molecule is O=C(O)Cc1nnc(CC2=NC3CC=C(c4ccc(Cl)s4)C=C3S2)o1. The van der Waals surface area contributed by atoms with Crippen molar-refractivity contribution in [2.75, 3.05) is 0 Å². The predicted molar refractivity (Wildman–Crippen MR) is 98.2 cm³/mol. The molecule has 0 aromatic carbocycles. The normalized spacial score (nSPS) is 19.2. The molecule has 0 bridgehead atoms. The lowest BCUT2D eigenvalue weighted by molar-refractivity contribution is -0.136. The highest BCUT2D eigenvalue weighted by molar-refractivity contribution is 8.17. The van der Waals surface area contributed by atoms with Crippen LogP contribution in [0.2, 0.25) is 4.34 Å². The molecule has 4 rings (SSSR count). The van der Waals surface area contributed by atoms with Crippen LogP contribution in [0.5, 0.6) is 0 Å². The summed E-state index contributed by atoms with van der Waals surface area (Å²) in [5.41, 5.74) is 1.17. The molecule has 1 aliphatic heterocycles. The van der Waals surface area contributed by atoms with Crippen LogP contribution in [0.3, 0.4) is 0 Å². The molecule has 1 unspecified atom stereocenters. The zero-order chi connectivity index (χ0) is 17.4. The largest absolute Gasteiger partial charge is 0.481 e. The number of thiophene rings is 1. The summed E-state index contributed by atoms with van der Waals surface area (Å²) in [6, 6.07) is 4.07. The van der Waals surface area contributed by atoms with Crippen molar-refractivity contribution < 1.29 is 14.3 Å². The number of aliphatic imine (C=N–C) groups is 1. The summed E-state index contributed by atoms with van der Waals surface area (Å²) in [4.78, 5) is 17.7. The molecule has 25 heavy (non-hydrogen) atoms. The van der Waals surface area contributed by atoms with E-state index in [9.17, 15) is 4.79 Å². The molecule has 0 spiro atoms. The second-order valence-corrected chi connectivity index (χ2v) is 8.39. The molecule has 9 heteroatoms. The highest BCUT2D eigenvalue weighted by Gasteiger charge is 2.27. The molecule has 1 N–H and O–H groups in total. The number of nitrogens with zero attached hydrogens (tertiary/aromatic N) is 3. The summed E-state index contributed by atoms with van der Waals surface area (Å²) in [5.74, 6) is -0.493. The van der Waals surface area contributed by atoms with Gasteiger partial charge in [0.15, 0.2) is 0 Å². The molecule has 2 aromatic heterocycles. The van der Waals surface area contributed by atoms with Crippen LogP contribution in [0, 0.1) is 0 Å². The number of halogens is 1. The third-order valence-corrected chi connectivity index (χ3v) is 6.09. The third-order valence-electron chi connectivity index (χ3n) is 3.69. The zero-order valence-electron chi connectivity index (χ0n) is 12.8. The Morgan fingerprint density at radius 2 is 2.20 bits per heavy atom. The molecule has 6 nitrogen and oxygen atoms in total. The number of carboxylic acid groups (broad SMARTS) is 1. The van der Waals surface area contributed by atoms with Gasteiger partial charge in [0.25, 0.3) is 0 Å². The summed E-state index contributed by atoms with van der Waals surface area (Å²) in [6.45, 7) is 0. The van der Waals surface area contributed by atoms with E-state index < -0.39 is 5.97 Å². The number of hydrogen-bond acceptors (Lipinski definition) is 7. The number of carbonyl (C=O) groups is 1. The maximum absolute atomic E-state index is 10.7. The van der Waals surface area contributed by atoms with Crippen molar-refractivity contribution in [3.8, 4) is 0 Å². The van der Waals surface area contributed by atoms with Crippen LogP contribution in [-0.2, 0) is 17.6 Å². The second kappa shape index (κ2) is 6.78. The molecule has 0 saturated carbocycles. The zero-order valence-corrected chi connectivity index (χ0v) is 15.2. The summed E-state index contributed by atoms with van der Waals surface area (Å²) >= 11 is 9.20. The Morgan fingerprint density at radius 1 is 1.36 bits per heavy atom. The first-order valence-electron chi connectivity index (χ1n) is 7.52. The molecule has 3 heterocycles. The van der Waals surface area contributed by atoms with E-state index in [1.54, 1.807) is 23.1 Å². The van der Waals surface area contributed by atoms with E-state index >= 15 is 0 Å². The Hall–Kier alpha value is -1.90. The van der Waals surface area contributed by atoms with Gasteiger partial charge in [-0.2, -0.15) is 0 Å². The van der Waals surface area contributed by atoms with Gasteiger partial charge in [0.2, 0.25) is 11.8 Å². The van der Waals surface area contributed by atoms with Gasteiger partial charge in [-0.1, -0.05) is 29.4 Å². The molecule has 2 aliphatic rings. The average Bonchev–Trinajstić information content (AvgIpc) is 3.26. The molecule has 0 fully saturated rings. The number of rotatable bonds is 5. The Labute approximate surface area is 156 Å². The molecular weight excluding hydrogens is 382 g/mol. The molecular formula is C16H12ClN3O3S2. The van der Waals surface area contributed by atoms with E-state index in [1.807, 2.05) is 12.1 Å². The molecule has 0 saturated heterocycles. The van der Waals surface area contributed by atoms with Crippen LogP contribution in [0.4, 0.5) is 0 Å². The number of carboxylic acids is 1. The van der Waals surface area contributed by atoms with Crippen molar-refractivity contribution in [3.63, 3.8) is 0 Å². The maximum Gasteiger partial charge on any atom is 0.312 e. The number of allylic oxidation sites excluding steroid dienone is 2. The fraction of sp³-hybridized carbons (Fsp3) is 0.250. The van der Waals surface area contributed by atoms with Crippen LogP contribution in [0.1, 0.15) is 23.1 Å². The number of thioether (sulfide) groups is 1. The number of hydrogen-bond donors (Lipinski definition) is 1. The van der Waals surface area contributed by atoms with Crippen molar-refractivity contribution in [2.24, 2.45) is 4.99 Å². The molecule has 0 radical (unpaired) electrons. The second-order valence-electron chi connectivity index (χ2n) is 5.52. The van der Waals surface area contributed by atoms with E-state index in [4.69, 9.17) is 26.1 Å². The van der Waals surface area contributed by atoms with Gasteiger partial charge in [-0.3, -0.25) is 9.79 Å². The fourth-order valence-electron chi connectivity index (χ4n) is 2.63. The van der Waals surface area contributed by atoms with Gasteiger partial charge in [-0.05, 0) is 30.2 Å². The first-order chi connectivity index (χ1) is 12.1. The highest BCUT2D eigenvalue weighted by Crippen LogP contribution is 2.41. The monoisotopic (exact) mass is 393 g/mol. The maximum atomic E-state index is 10.7. The smallest absolute Gasteiger partial charge is 0.312 e. The van der Waals surface area contributed by atoms with Crippen LogP contribution >= 0.6 is 34.7 Å². The standard InChI is InChI=1S/C16H12ClN3O3S2/c17-12-4-3-10(24-12)8-1-2-9-11(5-8)25-15(18-9)6-13-19-20-14(23-13)7-16(21)22/h1,3-5,9H,2,6-7H2,(H,21,22). The van der Waals surface area contributed by atoms with Crippen LogP contribution < -0.4 is 0 Å². The Kier molecular flexibility index (Phi) is 4.49. The van der Waals surface area contributed by atoms with E-state index in [1.165, 1.54) is 10.5 Å². The van der Waals surface area contributed by atoms with Gasteiger partial charge in [-0.25, -0.2) is 0 Å². The first kappa shape index (κ1) is 16.6. The van der Waals surface area contributed by atoms with Crippen LogP contribution in [0.25, 0.3) is 5.57 Å². The van der Waals surface area contributed by atoms with Gasteiger partial charge < -0.3 is 9.52 Å². The minimum Gasteiger partial charge on any atom is -0.481 e. The molecule has 1 aliphatic carbocycles. The first-order valence-corrected chi connectivity index (χ1v) is 9.53. The quantitative estimate of drug-likeness (QED) is 0.830. The summed E-state index contributed by atoms with van der Waals surface area (Å²) < 4.78 is 6.14. The van der Waals surface area contributed by atoms with E-state index in [2.05, 4.69) is 22.3 Å². The molecule has 2 aromatic rings. The van der Waals surface area contributed by atoms with Gasteiger partial charge >= 0.3 is 5.97 Å². The van der Waals surface area contributed by atoms with Crippen LogP contribution in [-0.4, -0.2) is 32.4 Å². The van der Waals surface area contributed by atoms with Crippen molar-refractivity contribution >= 4 is 51.3 Å². The lowest BCUT2D eigenvalue weighted by Crippen LogP contribution is -2.04. The molecule has 1 atom stereocenters. The lowest BCUT2D eigenvalue weighted by atomic mass is 10.0. The summed E-state index contributed by atoms with van der Waals surface area (Å²) in [5, 5.41) is 17.3. The van der Waals surface area contributed by atoms with Gasteiger partial charge in [0.1, 0.15) is 6.42 Å². The topological polar surface area (TPSA) is 88.6 Å². The minimum atomic E-state index is -0.994. The minimum absolute atomic E-state index is 0.112. The van der Waals surface area contributed by atoms with Crippen molar-refractivity contribution in [2.45, 2.75) is 25.3 Å². The van der Waals surface area contributed by atoms with E-state index in [-0.39, 0.29) is 18.4 Å². The number of fused-ring (bicyclic) bond motifs is 1. The number of aromatic nitrogens is 2. The third kappa shape index (κ3) is 3.70. The lowest BCUT2D eigenvalue weighted by Gasteiger charge is -2.13. The van der Waals surface area contributed by atoms with E-state index in [0.29, 0.717) is 12.3 Å². The Bertz CT molecular complexity index is 929. The van der Waals surface area contributed by atoms with Crippen molar-refractivity contribution in [1.82, 2.24) is 10.2 Å². The summed E-state index contributed by atoms with van der Waals surface area (Å²) in [6.07, 6.45) is 5.34. The van der Waals surface area contributed by atoms with Gasteiger partial charge in [-0.15, -0.1) is 21.5 Å². The molecule has 128 valence electrons. The predicted octanol–water partition coefficient (Wildman–Crippen LogP) is 3.84. The number of aliphatic carboxylic acids is 1. The average molecular weight is 394 g/mol. The Balaban J connectivity index is 1.44. The summed E-state index contributed by atoms with van der Waals surface area (Å²) in [7, 11) is 0. The van der Waals surface area contributed by atoms with Gasteiger partial charge in [0, 0.05) is 9.78 Å².